The monoisotopic (exact) mass is 399 g/mol. The lowest BCUT2D eigenvalue weighted by Gasteiger charge is -2.26. The summed E-state index contributed by atoms with van der Waals surface area (Å²) < 4.78 is 8.15. The number of hydrogen-bond donors (Lipinski definition) is 0. The van der Waals surface area contributed by atoms with Gasteiger partial charge in [-0.15, -0.1) is 0 Å². The molecule has 0 atom stereocenters. The summed E-state index contributed by atoms with van der Waals surface area (Å²) in [5, 5.41) is 0. The van der Waals surface area contributed by atoms with Crippen LogP contribution in [0.5, 0.6) is 0 Å². The minimum absolute atomic E-state index is 0.493. The molecule has 5 aromatic carbocycles. The molecule has 1 heteroatoms. The first-order valence-corrected chi connectivity index (χ1v) is 10.5. The topological polar surface area (TPSA) is 3.24 Å². The number of hydrogen-bond acceptors (Lipinski definition) is 1. The molecule has 5 aromatic rings. The minimum atomic E-state index is 0.493. The van der Waals surface area contributed by atoms with E-state index in [4.69, 9.17) is 1.37 Å². The number of rotatable bonds is 5. The van der Waals surface area contributed by atoms with Gasteiger partial charge in [0.05, 0.1) is 1.37 Å². The third-order valence-electron chi connectivity index (χ3n) is 5.39. The molecule has 0 spiro atoms. The molecule has 0 saturated heterocycles. The van der Waals surface area contributed by atoms with Gasteiger partial charge in [0, 0.05) is 17.1 Å². The molecule has 148 valence electrons. The first-order valence-electron chi connectivity index (χ1n) is 11.0. The quantitative estimate of drug-likeness (QED) is 0.286. The van der Waals surface area contributed by atoms with E-state index in [-0.39, 0.29) is 0 Å². The average molecular weight is 400 g/mol. The smallest absolute Gasteiger partial charge is 0.0623 e. The number of nitrogens with zero attached hydrogens (tertiary/aromatic N) is 1. The van der Waals surface area contributed by atoms with Crippen molar-refractivity contribution >= 4 is 17.1 Å². The molecular formula is C30H23N. The molecule has 0 aliphatic rings. The molecule has 0 radical (unpaired) electrons. The van der Waals surface area contributed by atoms with Crippen LogP contribution >= 0.6 is 0 Å². The fourth-order valence-electron chi connectivity index (χ4n) is 3.86. The standard InChI is InChI=1S/C30H23N/c1-4-11-24(12-5-1)26-19-21-29(22-20-26)31(28-16-8-3-9-17-28)30-18-10-15-27(23-30)25-13-6-2-7-14-25/h1-23H/i8T. The predicted molar refractivity (Wildman–Crippen MR) is 132 cm³/mol. The van der Waals surface area contributed by atoms with Crippen LogP contribution in [0, 0.1) is 0 Å². The zero-order valence-corrected chi connectivity index (χ0v) is 17.1. The van der Waals surface area contributed by atoms with Crippen molar-refractivity contribution in [3.8, 4) is 22.3 Å². The highest BCUT2D eigenvalue weighted by Crippen LogP contribution is 2.37. The lowest BCUT2D eigenvalue weighted by Crippen LogP contribution is -2.09. The summed E-state index contributed by atoms with van der Waals surface area (Å²) in [4.78, 5) is 2.21. The molecule has 0 amide bonds. The van der Waals surface area contributed by atoms with E-state index in [9.17, 15) is 0 Å². The first-order chi connectivity index (χ1) is 15.8. The van der Waals surface area contributed by atoms with Crippen LogP contribution in [0.25, 0.3) is 22.3 Å². The van der Waals surface area contributed by atoms with Crippen molar-refractivity contribution in [1.82, 2.24) is 0 Å². The van der Waals surface area contributed by atoms with Gasteiger partial charge in [-0.05, 0) is 58.7 Å². The van der Waals surface area contributed by atoms with Gasteiger partial charge >= 0.3 is 0 Å². The van der Waals surface area contributed by atoms with Crippen LogP contribution in [0.1, 0.15) is 1.37 Å². The Morgan fingerprint density at radius 2 is 0.903 bits per heavy atom. The van der Waals surface area contributed by atoms with E-state index in [0.717, 1.165) is 22.6 Å². The Bertz CT molecular complexity index is 1310. The van der Waals surface area contributed by atoms with Gasteiger partial charge < -0.3 is 4.90 Å². The van der Waals surface area contributed by atoms with Crippen LogP contribution < -0.4 is 4.90 Å². The lowest BCUT2D eigenvalue weighted by molar-refractivity contribution is 1.28. The largest absolute Gasteiger partial charge is 0.310 e. The molecule has 0 unspecified atom stereocenters. The van der Waals surface area contributed by atoms with Crippen molar-refractivity contribution < 1.29 is 1.37 Å². The van der Waals surface area contributed by atoms with E-state index >= 15 is 0 Å². The third kappa shape index (κ3) is 4.12. The molecule has 0 heterocycles. The van der Waals surface area contributed by atoms with Crippen LogP contribution in [-0.4, -0.2) is 0 Å². The molecule has 0 bridgehead atoms. The summed E-state index contributed by atoms with van der Waals surface area (Å²) in [5.41, 5.74) is 7.81. The SMILES string of the molecule is [3H]c1cccc(N(c2ccc(-c3ccccc3)cc2)c2cccc(-c3ccccc3)c2)c1. The summed E-state index contributed by atoms with van der Waals surface area (Å²) in [6.07, 6.45) is 0. The summed E-state index contributed by atoms with van der Waals surface area (Å²) in [6, 6.07) is 46.2. The lowest BCUT2D eigenvalue weighted by atomic mass is 10.0. The van der Waals surface area contributed by atoms with E-state index in [1.807, 2.05) is 24.3 Å². The highest BCUT2D eigenvalue weighted by molar-refractivity contribution is 5.81. The van der Waals surface area contributed by atoms with Crippen molar-refractivity contribution in [3.05, 3.63) is 140 Å². The van der Waals surface area contributed by atoms with Crippen LogP contribution in [0.3, 0.4) is 0 Å². The Hall–Kier alpha value is -4.10. The van der Waals surface area contributed by atoms with E-state index in [1.54, 1.807) is 6.07 Å². The van der Waals surface area contributed by atoms with Gasteiger partial charge in [-0.25, -0.2) is 0 Å². The zero-order chi connectivity index (χ0) is 21.8. The number of para-hydroxylation sites is 1. The van der Waals surface area contributed by atoms with Crippen molar-refractivity contribution in [2.24, 2.45) is 0 Å². The maximum atomic E-state index is 8.15. The number of benzene rings is 5. The van der Waals surface area contributed by atoms with Crippen LogP contribution in [0.15, 0.2) is 140 Å². The van der Waals surface area contributed by atoms with Gasteiger partial charge in [0.25, 0.3) is 0 Å². The minimum Gasteiger partial charge on any atom is -0.310 e. The second kappa shape index (κ2) is 8.73. The molecular weight excluding hydrogens is 374 g/mol. The molecule has 0 fully saturated rings. The van der Waals surface area contributed by atoms with Gasteiger partial charge in [0.2, 0.25) is 0 Å². The molecule has 0 saturated carbocycles. The van der Waals surface area contributed by atoms with Gasteiger partial charge in [-0.2, -0.15) is 0 Å². The predicted octanol–water partition coefficient (Wildman–Crippen LogP) is 8.49. The highest BCUT2D eigenvalue weighted by atomic mass is 15.1. The second-order valence-electron chi connectivity index (χ2n) is 7.43. The Balaban J connectivity index is 1.60. The van der Waals surface area contributed by atoms with E-state index < -0.39 is 0 Å². The third-order valence-corrected chi connectivity index (χ3v) is 5.39. The molecule has 0 aromatic heterocycles. The van der Waals surface area contributed by atoms with E-state index in [1.165, 1.54) is 16.7 Å². The van der Waals surface area contributed by atoms with Crippen LogP contribution in [0.4, 0.5) is 17.1 Å². The Morgan fingerprint density at radius 3 is 1.58 bits per heavy atom. The van der Waals surface area contributed by atoms with Gasteiger partial charge in [-0.3, -0.25) is 0 Å². The van der Waals surface area contributed by atoms with Crippen molar-refractivity contribution in [2.45, 2.75) is 0 Å². The summed E-state index contributed by atoms with van der Waals surface area (Å²) in [5.74, 6) is 0. The van der Waals surface area contributed by atoms with Crippen LogP contribution in [0.2, 0.25) is 0 Å². The van der Waals surface area contributed by atoms with E-state index in [0.29, 0.717) is 6.04 Å². The van der Waals surface area contributed by atoms with E-state index in [2.05, 4.69) is 108 Å². The molecule has 0 aliphatic heterocycles. The Labute approximate surface area is 185 Å². The first kappa shape index (κ1) is 17.7. The summed E-state index contributed by atoms with van der Waals surface area (Å²) in [7, 11) is 0. The number of anilines is 3. The normalized spacial score (nSPS) is 11.0. The van der Waals surface area contributed by atoms with Crippen molar-refractivity contribution in [3.63, 3.8) is 0 Å². The van der Waals surface area contributed by atoms with Crippen molar-refractivity contribution in [1.29, 1.82) is 0 Å². The van der Waals surface area contributed by atoms with Crippen LogP contribution in [-0.2, 0) is 0 Å². The molecule has 0 N–H and O–H groups in total. The maximum Gasteiger partial charge on any atom is 0.0623 e. The molecule has 0 aliphatic carbocycles. The Kier molecular flexibility index (Phi) is 4.99. The summed E-state index contributed by atoms with van der Waals surface area (Å²) in [6.45, 7) is 0. The highest BCUT2D eigenvalue weighted by Gasteiger charge is 2.13. The second-order valence-corrected chi connectivity index (χ2v) is 7.43. The van der Waals surface area contributed by atoms with Gasteiger partial charge in [0.1, 0.15) is 0 Å². The summed E-state index contributed by atoms with van der Waals surface area (Å²) >= 11 is 0. The zero-order valence-electron chi connectivity index (χ0n) is 18.1. The fourth-order valence-corrected chi connectivity index (χ4v) is 3.86. The van der Waals surface area contributed by atoms with Gasteiger partial charge in [0.15, 0.2) is 0 Å². The molecule has 1 nitrogen and oxygen atoms in total. The van der Waals surface area contributed by atoms with Crippen molar-refractivity contribution in [2.75, 3.05) is 4.90 Å². The fraction of sp³-hybridized carbons (Fsp3) is 0. The maximum absolute atomic E-state index is 8.15. The average Bonchev–Trinajstić information content (AvgIpc) is 2.86. The Morgan fingerprint density at radius 1 is 0.387 bits per heavy atom. The molecule has 31 heavy (non-hydrogen) atoms. The molecule has 5 rings (SSSR count). The van der Waals surface area contributed by atoms with Gasteiger partial charge in [-0.1, -0.05) is 103 Å².